The Labute approximate surface area is 122 Å². The smallest absolute Gasteiger partial charge is 0.137 e. The van der Waals surface area contributed by atoms with E-state index in [4.69, 9.17) is 4.42 Å². The molecule has 1 aromatic carbocycles. The molecular weight excluding hydrogens is 246 g/mol. The molecule has 2 heteroatoms. The third-order valence-corrected chi connectivity index (χ3v) is 4.11. The highest BCUT2D eigenvalue weighted by molar-refractivity contribution is 5.81. The van der Waals surface area contributed by atoms with Crippen LogP contribution in [-0.2, 0) is 0 Å². The van der Waals surface area contributed by atoms with E-state index in [1.54, 1.807) is 0 Å². The van der Waals surface area contributed by atoms with Crippen molar-refractivity contribution < 1.29 is 4.42 Å². The first-order valence-electron chi connectivity index (χ1n) is 7.96. The van der Waals surface area contributed by atoms with E-state index in [1.165, 1.54) is 10.9 Å². The van der Waals surface area contributed by atoms with Gasteiger partial charge < -0.3 is 9.73 Å². The first-order valence-corrected chi connectivity index (χ1v) is 7.96. The monoisotopic (exact) mass is 273 g/mol. The van der Waals surface area contributed by atoms with Crippen molar-refractivity contribution in [3.05, 3.63) is 35.6 Å². The van der Waals surface area contributed by atoms with Crippen molar-refractivity contribution in [3.63, 3.8) is 0 Å². The molecule has 0 aliphatic heterocycles. The summed E-state index contributed by atoms with van der Waals surface area (Å²) in [6.45, 7) is 9.84. The SMILES string of the molecule is CCCC(NCC)c1cc2cccc(C(C)CC)c2o1. The molecule has 0 radical (unpaired) electrons. The van der Waals surface area contributed by atoms with Crippen molar-refractivity contribution in [2.45, 2.75) is 58.9 Å². The van der Waals surface area contributed by atoms with E-state index in [9.17, 15) is 0 Å². The normalized spacial score (nSPS) is 14.6. The van der Waals surface area contributed by atoms with Crippen LogP contribution in [0.25, 0.3) is 11.0 Å². The summed E-state index contributed by atoms with van der Waals surface area (Å²) in [6.07, 6.45) is 3.42. The summed E-state index contributed by atoms with van der Waals surface area (Å²) in [6, 6.07) is 9.05. The van der Waals surface area contributed by atoms with Gasteiger partial charge in [-0.2, -0.15) is 0 Å². The highest BCUT2D eigenvalue weighted by Crippen LogP contribution is 2.32. The lowest BCUT2D eigenvalue weighted by Crippen LogP contribution is -2.20. The van der Waals surface area contributed by atoms with Gasteiger partial charge in [-0.05, 0) is 36.9 Å². The summed E-state index contributed by atoms with van der Waals surface area (Å²) in [5.41, 5.74) is 2.42. The van der Waals surface area contributed by atoms with Gasteiger partial charge >= 0.3 is 0 Å². The van der Waals surface area contributed by atoms with Crippen LogP contribution in [0.15, 0.2) is 28.7 Å². The molecule has 2 atom stereocenters. The third kappa shape index (κ3) is 3.06. The van der Waals surface area contributed by atoms with Crippen molar-refractivity contribution in [3.8, 4) is 0 Å². The Morgan fingerprint density at radius 3 is 2.65 bits per heavy atom. The summed E-state index contributed by atoms with van der Waals surface area (Å²) >= 11 is 0. The summed E-state index contributed by atoms with van der Waals surface area (Å²) in [5, 5.41) is 4.76. The van der Waals surface area contributed by atoms with Crippen LogP contribution >= 0.6 is 0 Å². The van der Waals surface area contributed by atoms with Gasteiger partial charge in [0.25, 0.3) is 0 Å². The van der Waals surface area contributed by atoms with E-state index < -0.39 is 0 Å². The average Bonchev–Trinajstić information content (AvgIpc) is 2.89. The largest absolute Gasteiger partial charge is 0.459 e. The predicted octanol–water partition coefficient (Wildman–Crippen LogP) is 5.40. The molecule has 110 valence electrons. The number of furan rings is 1. The molecule has 2 unspecified atom stereocenters. The number of benzene rings is 1. The van der Waals surface area contributed by atoms with Gasteiger partial charge in [0.1, 0.15) is 11.3 Å². The molecule has 0 fully saturated rings. The number of hydrogen-bond donors (Lipinski definition) is 1. The molecule has 2 rings (SSSR count). The van der Waals surface area contributed by atoms with Gasteiger partial charge in [0, 0.05) is 5.39 Å². The molecule has 20 heavy (non-hydrogen) atoms. The third-order valence-electron chi connectivity index (χ3n) is 4.11. The van der Waals surface area contributed by atoms with Crippen molar-refractivity contribution in [2.24, 2.45) is 0 Å². The Morgan fingerprint density at radius 2 is 2.00 bits per heavy atom. The van der Waals surface area contributed by atoms with Crippen molar-refractivity contribution in [1.29, 1.82) is 0 Å². The molecule has 0 aliphatic carbocycles. The maximum Gasteiger partial charge on any atom is 0.137 e. The quantitative estimate of drug-likeness (QED) is 0.731. The van der Waals surface area contributed by atoms with E-state index in [-0.39, 0.29) is 0 Å². The topological polar surface area (TPSA) is 25.2 Å². The van der Waals surface area contributed by atoms with Gasteiger partial charge in [-0.3, -0.25) is 0 Å². The Kier molecular flexibility index (Phi) is 5.24. The number of rotatable bonds is 7. The lowest BCUT2D eigenvalue weighted by atomic mass is 9.97. The summed E-state index contributed by atoms with van der Waals surface area (Å²) in [7, 11) is 0. The summed E-state index contributed by atoms with van der Waals surface area (Å²) < 4.78 is 6.23. The van der Waals surface area contributed by atoms with Crippen molar-refractivity contribution in [2.75, 3.05) is 6.54 Å². The summed E-state index contributed by atoms with van der Waals surface area (Å²) in [5.74, 6) is 1.63. The minimum atomic E-state index is 0.335. The molecule has 2 aromatic rings. The van der Waals surface area contributed by atoms with Crippen LogP contribution in [0.2, 0.25) is 0 Å². The van der Waals surface area contributed by atoms with E-state index in [0.717, 1.165) is 37.2 Å². The molecule has 0 saturated heterocycles. The highest BCUT2D eigenvalue weighted by atomic mass is 16.3. The first kappa shape index (κ1) is 15.1. The van der Waals surface area contributed by atoms with Crippen LogP contribution < -0.4 is 5.32 Å². The summed E-state index contributed by atoms with van der Waals surface area (Å²) in [4.78, 5) is 0. The number of fused-ring (bicyclic) bond motifs is 1. The second-order valence-corrected chi connectivity index (χ2v) is 5.62. The zero-order chi connectivity index (χ0) is 14.5. The van der Waals surface area contributed by atoms with Crippen LogP contribution in [0, 0.1) is 0 Å². The predicted molar refractivity (Wildman–Crippen MR) is 86.2 cm³/mol. The average molecular weight is 273 g/mol. The van der Waals surface area contributed by atoms with Gasteiger partial charge in [0.15, 0.2) is 0 Å². The van der Waals surface area contributed by atoms with Crippen LogP contribution in [0.3, 0.4) is 0 Å². The molecule has 0 bridgehead atoms. The Bertz CT molecular complexity index is 537. The van der Waals surface area contributed by atoms with Gasteiger partial charge in [-0.25, -0.2) is 0 Å². The zero-order valence-corrected chi connectivity index (χ0v) is 13.2. The van der Waals surface area contributed by atoms with Crippen LogP contribution in [0.5, 0.6) is 0 Å². The van der Waals surface area contributed by atoms with Gasteiger partial charge in [-0.1, -0.05) is 52.3 Å². The second kappa shape index (κ2) is 6.94. The van der Waals surface area contributed by atoms with Gasteiger partial charge in [0.2, 0.25) is 0 Å². The minimum absolute atomic E-state index is 0.335. The molecule has 0 saturated carbocycles. The Balaban J connectivity index is 2.41. The lowest BCUT2D eigenvalue weighted by Gasteiger charge is -2.14. The Morgan fingerprint density at radius 1 is 1.20 bits per heavy atom. The van der Waals surface area contributed by atoms with Crippen LogP contribution in [0.1, 0.15) is 70.2 Å². The van der Waals surface area contributed by atoms with E-state index >= 15 is 0 Å². The zero-order valence-electron chi connectivity index (χ0n) is 13.2. The van der Waals surface area contributed by atoms with Crippen LogP contribution in [-0.4, -0.2) is 6.54 Å². The number of nitrogens with one attached hydrogen (secondary N) is 1. The molecule has 1 N–H and O–H groups in total. The van der Waals surface area contributed by atoms with E-state index in [0.29, 0.717) is 12.0 Å². The molecule has 1 heterocycles. The minimum Gasteiger partial charge on any atom is -0.459 e. The van der Waals surface area contributed by atoms with Gasteiger partial charge in [-0.15, -0.1) is 0 Å². The van der Waals surface area contributed by atoms with Gasteiger partial charge in [0.05, 0.1) is 6.04 Å². The highest BCUT2D eigenvalue weighted by Gasteiger charge is 2.17. The van der Waals surface area contributed by atoms with E-state index in [2.05, 4.69) is 57.3 Å². The number of hydrogen-bond acceptors (Lipinski definition) is 2. The maximum absolute atomic E-state index is 6.23. The van der Waals surface area contributed by atoms with E-state index in [1.807, 2.05) is 0 Å². The second-order valence-electron chi connectivity index (χ2n) is 5.62. The fourth-order valence-electron chi connectivity index (χ4n) is 2.77. The molecule has 1 aromatic heterocycles. The fourth-order valence-corrected chi connectivity index (χ4v) is 2.77. The molecule has 0 amide bonds. The van der Waals surface area contributed by atoms with Crippen molar-refractivity contribution >= 4 is 11.0 Å². The molecule has 0 aliphatic rings. The maximum atomic E-state index is 6.23. The number of para-hydroxylation sites is 1. The van der Waals surface area contributed by atoms with Crippen LogP contribution in [0.4, 0.5) is 0 Å². The molecular formula is C18H27NO. The molecule has 2 nitrogen and oxygen atoms in total. The van der Waals surface area contributed by atoms with Crippen molar-refractivity contribution in [1.82, 2.24) is 5.32 Å². The Hall–Kier alpha value is -1.28. The standard InChI is InChI=1S/C18H27NO/c1-5-9-16(19-7-3)17-12-14-10-8-11-15(13(4)6-2)18(14)20-17/h8,10-13,16,19H,5-7,9H2,1-4H3. The first-order chi connectivity index (χ1) is 9.71. The molecule has 0 spiro atoms. The fraction of sp³-hybridized carbons (Fsp3) is 0.556. The lowest BCUT2D eigenvalue weighted by molar-refractivity contribution is 0.413.